The van der Waals surface area contributed by atoms with Crippen molar-refractivity contribution >= 4 is 10.9 Å². The van der Waals surface area contributed by atoms with E-state index in [1.807, 2.05) is 53.2 Å². The second kappa shape index (κ2) is 9.58. The molecule has 0 unspecified atom stereocenters. The first-order chi connectivity index (χ1) is 16.2. The summed E-state index contributed by atoms with van der Waals surface area (Å²) >= 11 is 0. The molecule has 0 bridgehead atoms. The maximum Gasteiger partial charge on any atom is 0.258 e. The van der Waals surface area contributed by atoms with Gasteiger partial charge in [0.25, 0.3) is 5.56 Å². The number of pyridine rings is 1. The summed E-state index contributed by atoms with van der Waals surface area (Å²) < 4.78 is 22.9. The molecule has 170 valence electrons. The van der Waals surface area contributed by atoms with Crippen LogP contribution in [-0.2, 0) is 19.8 Å². The summed E-state index contributed by atoms with van der Waals surface area (Å²) in [4.78, 5) is 15.2. The van der Waals surface area contributed by atoms with Gasteiger partial charge in [-0.25, -0.2) is 4.39 Å². The number of fused-ring (bicyclic) bond motifs is 1. The summed E-state index contributed by atoms with van der Waals surface area (Å²) in [5.74, 6) is 0.514. The standard InChI is InChI=1S/C26H27FN4O2/c27-18-24-23-16-21(8-9-25(23)31(28-24)15-14-29-11-4-5-12-29)30-13-10-22(17-26(30)32)33-19-20-6-2-1-3-7-20/h1-3,6-10,13,16-17H,4-5,11-12,14-15,18-19H2. The topological polar surface area (TPSA) is 52.3 Å². The molecule has 0 radical (unpaired) electrons. The van der Waals surface area contributed by atoms with Crippen molar-refractivity contribution in [1.82, 2.24) is 19.2 Å². The lowest BCUT2D eigenvalue weighted by molar-refractivity contribution is 0.305. The molecular weight excluding hydrogens is 419 g/mol. The molecule has 0 atom stereocenters. The Morgan fingerprint density at radius 2 is 1.79 bits per heavy atom. The number of ether oxygens (including phenoxy) is 1. The van der Waals surface area contributed by atoms with Gasteiger partial charge < -0.3 is 9.64 Å². The second-order valence-electron chi connectivity index (χ2n) is 8.40. The summed E-state index contributed by atoms with van der Waals surface area (Å²) in [6.45, 7) is 3.63. The first-order valence-corrected chi connectivity index (χ1v) is 11.4. The molecule has 0 saturated carbocycles. The van der Waals surface area contributed by atoms with E-state index in [-0.39, 0.29) is 5.56 Å². The minimum atomic E-state index is -0.641. The van der Waals surface area contributed by atoms with Gasteiger partial charge in [-0.2, -0.15) is 5.10 Å². The predicted molar refractivity (Wildman–Crippen MR) is 127 cm³/mol. The van der Waals surface area contributed by atoms with Crippen molar-refractivity contribution in [2.75, 3.05) is 19.6 Å². The van der Waals surface area contributed by atoms with Crippen LogP contribution in [0.4, 0.5) is 4.39 Å². The highest BCUT2D eigenvalue weighted by molar-refractivity contribution is 5.84. The molecule has 6 nitrogen and oxygen atoms in total. The van der Waals surface area contributed by atoms with Gasteiger partial charge in [-0.15, -0.1) is 0 Å². The quantitative estimate of drug-likeness (QED) is 0.404. The van der Waals surface area contributed by atoms with Gasteiger partial charge in [0.15, 0.2) is 0 Å². The maximum absolute atomic E-state index is 13.7. The molecule has 0 spiro atoms. The van der Waals surface area contributed by atoms with Crippen molar-refractivity contribution in [2.45, 2.75) is 32.7 Å². The number of likely N-dealkylation sites (tertiary alicyclic amines) is 1. The largest absolute Gasteiger partial charge is 0.489 e. The third-order valence-electron chi connectivity index (χ3n) is 6.18. The molecule has 7 heteroatoms. The number of hydrogen-bond donors (Lipinski definition) is 0. The molecule has 2 aromatic heterocycles. The summed E-state index contributed by atoms with van der Waals surface area (Å²) in [6, 6.07) is 18.7. The first kappa shape index (κ1) is 21.4. The van der Waals surface area contributed by atoms with Crippen molar-refractivity contribution < 1.29 is 9.13 Å². The van der Waals surface area contributed by atoms with E-state index in [0.29, 0.717) is 23.7 Å². The Kier molecular flexibility index (Phi) is 6.21. The molecule has 3 heterocycles. The van der Waals surface area contributed by atoms with Gasteiger partial charge >= 0.3 is 0 Å². The third-order valence-corrected chi connectivity index (χ3v) is 6.18. The number of rotatable bonds is 8. The molecule has 5 rings (SSSR count). The van der Waals surface area contributed by atoms with Gasteiger partial charge in [0.05, 0.1) is 12.1 Å². The molecule has 1 fully saturated rings. The van der Waals surface area contributed by atoms with E-state index in [1.54, 1.807) is 16.8 Å². The minimum absolute atomic E-state index is 0.205. The SMILES string of the molecule is O=c1cc(OCc2ccccc2)ccn1-c1ccc2c(c1)c(CF)nn2CCN1CCCC1. The van der Waals surface area contributed by atoms with E-state index in [9.17, 15) is 9.18 Å². The second-order valence-corrected chi connectivity index (χ2v) is 8.40. The molecule has 33 heavy (non-hydrogen) atoms. The average Bonchev–Trinajstić information content (AvgIpc) is 3.49. The lowest BCUT2D eigenvalue weighted by Crippen LogP contribution is -2.24. The highest BCUT2D eigenvalue weighted by atomic mass is 19.1. The maximum atomic E-state index is 13.7. The number of nitrogens with zero attached hydrogens (tertiary/aromatic N) is 4. The van der Waals surface area contributed by atoms with Crippen molar-refractivity contribution in [3.05, 3.63) is 88.5 Å². The normalized spacial score (nSPS) is 14.2. The fourth-order valence-corrected chi connectivity index (χ4v) is 4.40. The minimum Gasteiger partial charge on any atom is -0.489 e. The smallest absolute Gasteiger partial charge is 0.258 e. The van der Waals surface area contributed by atoms with Crippen LogP contribution in [0, 0.1) is 0 Å². The Balaban J connectivity index is 1.37. The highest BCUT2D eigenvalue weighted by Crippen LogP contribution is 2.23. The number of halogens is 1. The van der Waals surface area contributed by atoms with Crippen LogP contribution in [-0.4, -0.2) is 38.9 Å². The molecule has 1 saturated heterocycles. The van der Waals surface area contributed by atoms with Crippen LogP contribution in [0.2, 0.25) is 0 Å². The summed E-state index contributed by atoms with van der Waals surface area (Å²) in [6.07, 6.45) is 4.17. The lowest BCUT2D eigenvalue weighted by Gasteiger charge is -2.14. The Morgan fingerprint density at radius 3 is 2.55 bits per heavy atom. The van der Waals surface area contributed by atoms with Crippen molar-refractivity contribution in [2.24, 2.45) is 0 Å². The zero-order valence-electron chi connectivity index (χ0n) is 18.5. The van der Waals surface area contributed by atoms with E-state index >= 15 is 0 Å². The molecule has 0 N–H and O–H groups in total. The van der Waals surface area contributed by atoms with Crippen LogP contribution < -0.4 is 10.3 Å². The van der Waals surface area contributed by atoms with E-state index in [4.69, 9.17) is 4.74 Å². The fourth-order valence-electron chi connectivity index (χ4n) is 4.40. The predicted octanol–water partition coefficient (Wildman–Crippen LogP) is 4.33. The monoisotopic (exact) mass is 446 g/mol. The summed E-state index contributed by atoms with van der Waals surface area (Å²) in [7, 11) is 0. The molecular formula is C26H27FN4O2. The summed E-state index contributed by atoms with van der Waals surface area (Å²) in [5, 5.41) is 5.24. The highest BCUT2D eigenvalue weighted by Gasteiger charge is 2.15. The van der Waals surface area contributed by atoms with Gasteiger partial charge in [-0.3, -0.25) is 14.0 Å². The lowest BCUT2D eigenvalue weighted by atomic mass is 10.2. The van der Waals surface area contributed by atoms with Crippen LogP contribution >= 0.6 is 0 Å². The van der Waals surface area contributed by atoms with E-state index in [0.717, 1.165) is 42.6 Å². The molecule has 2 aromatic carbocycles. The van der Waals surface area contributed by atoms with Gasteiger partial charge in [-0.1, -0.05) is 30.3 Å². The van der Waals surface area contributed by atoms with Gasteiger partial charge in [0.2, 0.25) is 0 Å². The molecule has 0 aliphatic carbocycles. The van der Waals surface area contributed by atoms with Crippen LogP contribution in [0.25, 0.3) is 16.6 Å². The molecule has 4 aromatic rings. The van der Waals surface area contributed by atoms with Gasteiger partial charge in [0.1, 0.15) is 24.7 Å². The van der Waals surface area contributed by atoms with Gasteiger partial charge in [0, 0.05) is 29.9 Å². The average molecular weight is 447 g/mol. The Labute approximate surface area is 191 Å². The van der Waals surface area contributed by atoms with Crippen LogP contribution in [0.5, 0.6) is 5.75 Å². The molecule has 0 amide bonds. The first-order valence-electron chi connectivity index (χ1n) is 11.4. The van der Waals surface area contributed by atoms with E-state index < -0.39 is 6.67 Å². The Morgan fingerprint density at radius 1 is 0.970 bits per heavy atom. The number of hydrogen-bond acceptors (Lipinski definition) is 4. The van der Waals surface area contributed by atoms with Crippen molar-refractivity contribution in [3.63, 3.8) is 0 Å². The van der Waals surface area contributed by atoms with E-state index in [1.165, 1.54) is 18.9 Å². The van der Waals surface area contributed by atoms with Crippen LogP contribution in [0.1, 0.15) is 24.1 Å². The van der Waals surface area contributed by atoms with Crippen LogP contribution in [0.3, 0.4) is 0 Å². The zero-order valence-corrected chi connectivity index (χ0v) is 18.5. The Bertz CT molecular complexity index is 1290. The van der Waals surface area contributed by atoms with Gasteiger partial charge in [-0.05, 0) is 55.8 Å². The van der Waals surface area contributed by atoms with Crippen LogP contribution in [0.15, 0.2) is 71.7 Å². The number of aromatic nitrogens is 3. The Hall–Kier alpha value is -3.45. The summed E-state index contributed by atoms with van der Waals surface area (Å²) in [5.41, 5.74) is 2.80. The third kappa shape index (κ3) is 4.68. The van der Waals surface area contributed by atoms with Crippen molar-refractivity contribution in [3.8, 4) is 11.4 Å². The molecule has 1 aliphatic rings. The molecule has 1 aliphatic heterocycles. The van der Waals surface area contributed by atoms with Crippen molar-refractivity contribution in [1.29, 1.82) is 0 Å². The number of benzene rings is 2. The number of alkyl halides is 1. The fraction of sp³-hybridized carbons (Fsp3) is 0.308. The van der Waals surface area contributed by atoms with E-state index in [2.05, 4.69) is 10.00 Å². The zero-order chi connectivity index (χ0) is 22.6.